The van der Waals surface area contributed by atoms with Crippen molar-refractivity contribution >= 4 is 23.2 Å². The molecule has 1 aromatic carbocycles. The predicted octanol–water partition coefficient (Wildman–Crippen LogP) is 4.68. The Morgan fingerprint density at radius 3 is 2.30 bits per heavy atom. The lowest BCUT2D eigenvalue weighted by molar-refractivity contribution is -0.00994. The van der Waals surface area contributed by atoms with Gasteiger partial charge in [0.2, 0.25) is 0 Å². The number of rotatable bonds is 3. The molecule has 1 saturated heterocycles. The Bertz CT molecular complexity index is 454. The van der Waals surface area contributed by atoms with Crippen LogP contribution in [-0.2, 0) is 0 Å². The molecule has 20 heavy (non-hydrogen) atoms. The molecule has 0 aromatic heterocycles. The molecule has 1 fully saturated rings. The summed E-state index contributed by atoms with van der Waals surface area (Å²) in [6, 6.07) is 5.27. The summed E-state index contributed by atoms with van der Waals surface area (Å²) < 4.78 is 0. The highest BCUT2D eigenvalue weighted by Crippen LogP contribution is 2.36. The van der Waals surface area contributed by atoms with Gasteiger partial charge in [0.05, 0.1) is 6.10 Å². The Kier molecular flexibility index (Phi) is 5.36. The molecule has 0 bridgehead atoms. The summed E-state index contributed by atoms with van der Waals surface area (Å²) >= 11 is 12.3. The van der Waals surface area contributed by atoms with Gasteiger partial charge in [-0.3, -0.25) is 4.90 Å². The lowest BCUT2D eigenvalue weighted by Crippen LogP contribution is -2.48. The maximum atomic E-state index is 10.8. The van der Waals surface area contributed by atoms with E-state index in [4.69, 9.17) is 23.2 Å². The number of halogens is 2. The fraction of sp³-hybridized carbons (Fsp3) is 0.625. The zero-order valence-electron chi connectivity index (χ0n) is 12.2. The quantitative estimate of drug-likeness (QED) is 0.875. The molecule has 1 atom stereocenters. The number of aliphatic hydroxyl groups excluding tert-OH is 1. The molecular weight excluding hydrogens is 293 g/mol. The molecule has 2 rings (SSSR count). The van der Waals surface area contributed by atoms with Gasteiger partial charge in [-0.15, -0.1) is 0 Å². The molecule has 0 spiro atoms. The molecule has 0 aliphatic carbocycles. The zero-order chi connectivity index (χ0) is 14.8. The second-order valence-electron chi connectivity index (χ2n) is 6.12. The molecule has 1 aliphatic rings. The second-order valence-corrected chi connectivity index (χ2v) is 6.97. The zero-order valence-corrected chi connectivity index (χ0v) is 13.7. The van der Waals surface area contributed by atoms with Gasteiger partial charge in [0, 0.05) is 21.1 Å². The lowest BCUT2D eigenvalue weighted by atomic mass is 9.89. The summed E-state index contributed by atoms with van der Waals surface area (Å²) in [5.74, 6) is 0. The molecule has 4 heteroatoms. The van der Waals surface area contributed by atoms with E-state index in [0.717, 1.165) is 13.1 Å². The van der Waals surface area contributed by atoms with Crippen molar-refractivity contribution in [3.8, 4) is 0 Å². The molecule has 1 aliphatic heterocycles. The molecule has 1 heterocycles. The van der Waals surface area contributed by atoms with Gasteiger partial charge in [0.1, 0.15) is 0 Å². The van der Waals surface area contributed by atoms with E-state index in [-0.39, 0.29) is 5.54 Å². The smallest absolute Gasteiger partial charge is 0.0983 e. The van der Waals surface area contributed by atoms with E-state index in [1.165, 1.54) is 25.7 Å². The predicted molar refractivity (Wildman–Crippen MR) is 85.5 cm³/mol. The summed E-state index contributed by atoms with van der Waals surface area (Å²) in [6.07, 6.45) is 4.30. The average molecular weight is 316 g/mol. The van der Waals surface area contributed by atoms with Crippen molar-refractivity contribution in [3.63, 3.8) is 0 Å². The van der Waals surface area contributed by atoms with Crippen LogP contribution in [-0.4, -0.2) is 28.6 Å². The third-order valence-corrected chi connectivity index (χ3v) is 4.92. The van der Waals surface area contributed by atoms with Crippen molar-refractivity contribution in [2.45, 2.75) is 51.2 Å². The maximum Gasteiger partial charge on any atom is 0.0983 e. The first-order valence-corrected chi connectivity index (χ1v) is 8.06. The summed E-state index contributed by atoms with van der Waals surface area (Å²) in [7, 11) is 0. The van der Waals surface area contributed by atoms with E-state index < -0.39 is 6.10 Å². The van der Waals surface area contributed by atoms with E-state index in [1.807, 2.05) is 0 Å². The van der Waals surface area contributed by atoms with Crippen LogP contribution in [0, 0.1) is 0 Å². The summed E-state index contributed by atoms with van der Waals surface area (Å²) in [5, 5.41) is 12.0. The summed E-state index contributed by atoms with van der Waals surface area (Å²) in [4.78, 5) is 2.38. The number of nitrogens with zero attached hydrogens (tertiary/aromatic N) is 1. The first-order valence-electron chi connectivity index (χ1n) is 7.31. The van der Waals surface area contributed by atoms with Gasteiger partial charge in [-0.05, 0) is 58.0 Å². The molecule has 1 N–H and O–H groups in total. The van der Waals surface area contributed by atoms with Crippen molar-refractivity contribution in [2.24, 2.45) is 0 Å². The van der Waals surface area contributed by atoms with Gasteiger partial charge in [0.15, 0.2) is 0 Å². The molecule has 1 aromatic rings. The fourth-order valence-electron chi connectivity index (χ4n) is 2.92. The van der Waals surface area contributed by atoms with E-state index >= 15 is 0 Å². The van der Waals surface area contributed by atoms with E-state index in [9.17, 15) is 5.11 Å². The molecule has 2 nitrogen and oxygen atoms in total. The van der Waals surface area contributed by atoms with Crippen LogP contribution in [0.15, 0.2) is 18.2 Å². The maximum absolute atomic E-state index is 10.8. The Morgan fingerprint density at radius 2 is 1.70 bits per heavy atom. The number of benzene rings is 1. The third-order valence-electron chi connectivity index (χ3n) is 4.34. The third kappa shape index (κ3) is 3.48. The van der Waals surface area contributed by atoms with Crippen LogP contribution in [0.3, 0.4) is 0 Å². The topological polar surface area (TPSA) is 23.5 Å². The van der Waals surface area contributed by atoms with E-state index in [0.29, 0.717) is 15.6 Å². The van der Waals surface area contributed by atoms with Crippen molar-refractivity contribution in [1.82, 2.24) is 4.90 Å². The standard InChI is InChI=1S/C16H23Cl2NO/c1-16(2,19-9-5-3-4-6-10-19)15(20)13-11-12(17)7-8-14(13)18/h7-8,11,15,20H,3-6,9-10H2,1-2H3. The highest BCUT2D eigenvalue weighted by Gasteiger charge is 2.36. The van der Waals surface area contributed by atoms with Crippen LogP contribution in [0.2, 0.25) is 10.0 Å². The highest BCUT2D eigenvalue weighted by molar-refractivity contribution is 6.33. The number of hydrogen-bond acceptors (Lipinski definition) is 2. The molecule has 112 valence electrons. The van der Waals surface area contributed by atoms with Crippen LogP contribution in [0.5, 0.6) is 0 Å². The number of hydrogen-bond donors (Lipinski definition) is 1. The first kappa shape index (κ1) is 16.1. The van der Waals surface area contributed by atoms with E-state index in [1.54, 1.807) is 18.2 Å². The molecule has 0 radical (unpaired) electrons. The minimum absolute atomic E-state index is 0.349. The Labute approximate surface area is 131 Å². The number of likely N-dealkylation sites (tertiary alicyclic amines) is 1. The van der Waals surface area contributed by atoms with Crippen molar-refractivity contribution in [3.05, 3.63) is 33.8 Å². The Morgan fingerprint density at radius 1 is 1.10 bits per heavy atom. The largest absolute Gasteiger partial charge is 0.386 e. The second kappa shape index (κ2) is 6.65. The monoisotopic (exact) mass is 315 g/mol. The minimum atomic E-state index is -0.646. The molecule has 0 saturated carbocycles. The minimum Gasteiger partial charge on any atom is -0.386 e. The van der Waals surface area contributed by atoms with Crippen LogP contribution >= 0.6 is 23.2 Å². The van der Waals surface area contributed by atoms with Crippen LogP contribution in [0.25, 0.3) is 0 Å². The van der Waals surface area contributed by atoms with Gasteiger partial charge in [-0.2, -0.15) is 0 Å². The summed E-state index contributed by atoms with van der Waals surface area (Å²) in [5.41, 5.74) is 0.368. The van der Waals surface area contributed by atoms with Crippen LogP contribution in [0.4, 0.5) is 0 Å². The average Bonchev–Trinajstić information content (AvgIpc) is 2.70. The van der Waals surface area contributed by atoms with Crippen molar-refractivity contribution in [2.75, 3.05) is 13.1 Å². The van der Waals surface area contributed by atoms with Gasteiger partial charge in [-0.1, -0.05) is 36.0 Å². The molecular formula is C16H23Cl2NO. The van der Waals surface area contributed by atoms with Crippen molar-refractivity contribution in [1.29, 1.82) is 0 Å². The normalized spacial score (nSPS) is 19.6. The fourth-order valence-corrected chi connectivity index (χ4v) is 3.33. The molecule has 0 amide bonds. The van der Waals surface area contributed by atoms with Crippen LogP contribution in [0.1, 0.15) is 51.2 Å². The van der Waals surface area contributed by atoms with E-state index in [2.05, 4.69) is 18.7 Å². The first-order chi connectivity index (χ1) is 9.43. The Balaban J connectivity index is 2.24. The Hall–Kier alpha value is -0.280. The van der Waals surface area contributed by atoms with Gasteiger partial charge >= 0.3 is 0 Å². The summed E-state index contributed by atoms with van der Waals surface area (Å²) in [6.45, 7) is 6.23. The van der Waals surface area contributed by atoms with Gasteiger partial charge < -0.3 is 5.11 Å². The lowest BCUT2D eigenvalue weighted by Gasteiger charge is -2.42. The van der Waals surface area contributed by atoms with Crippen LogP contribution < -0.4 is 0 Å². The van der Waals surface area contributed by atoms with Gasteiger partial charge in [0.25, 0.3) is 0 Å². The SMILES string of the molecule is CC(C)(C(O)c1cc(Cl)ccc1Cl)N1CCCCCC1. The molecule has 1 unspecified atom stereocenters. The highest BCUT2D eigenvalue weighted by atomic mass is 35.5. The number of aliphatic hydroxyl groups is 1. The van der Waals surface area contributed by atoms with Gasteiger partial charge in [-0.25, -0.2) is 0 Å². The van der Waals surface area contributed by atoms with Crippen molar-refractivity contribution < 1.29 is 5.11 Å².